The van der Waals surface area contributed by atoms with Gasteiger partial charge in [-0.25, -0.2) is 0 Å². The maximum atomic E-state index is 12.6. The molecule has 0 bridgehead atoms. The summed E-state index contributed by atoms with van der Waals surface area (Å²) in [6, 6.07) is 9.97. The Bertz CT molecular complexity index is 1180. The van der Waals surface area contributed by atoms with Gasteiger partial charge in [0.15, 0.2) is 11.5 Å². The third-order valence-corrected chi connectivity index (χ3v) is 6.20. The number of nitrogens with one attached hydrogen (secondary N) is 1. The number of benzene rings is 2. The number of allylic oxidation sites excluding steroid dienone is 4. The molecule has 0 spiro atoms. The summed E-state index contributed by atoms with van der Waals surface area (Å²) in [7, 11) is 3.12. The van der Waals surface area contributed by atoms with Crippen LogP contribution in [-0.2, 0) is 4.79 Å². The van der Waals surface area contributed by atoms with Crippen LogP contribution in [0.25, 0.3) is 17.2 Å². The molecule has 2 aromatic carbocycles. The van der Waals surface area contributed by atoms with Crippen molar-refractivity contribution in [2.45, 2.75) is 13.3 Å². The molecule has 0 saturated heterocycles. The molecule has 1 aliphatic carbocycles. The van der Waals surface area contributed by atoms with Crippen LogP contribution in [0, 0.1) is 47.3 Å². The van der Waals surface area contributed by atoms with E-state index < -0.39 is 0 Å². The van der Waals surface area contributed by atoms with Crippen molar-refractivity contribution in [1.29, 1.82) is 0 Å². The number of aliphatic hydroxyl groups excluding tert-OH is 1. The first-order valence-electron chi connectivity index (χ1n) is 11.0. The van der Waals surface area contributed by atoms with Crippen LogP contribution in [0.5, 0.6) is 17.2 Å². The van der Waals surface area contributed by atoms with Crippen molar-refractivity contribution in [2.24, 2.45) is 0 Å². The van der Waals surface area contributed by atoms with Crippen LogP contribution < -0.4 is 19.5 Å². The van der Waals surface area contributed by atoms with E-state index in [9.17, 15) is 4.79 Å². The monoisotopic (exact) mass is 823 g/mol. The average Bonchev–Trinajstić information content (AvgIpc) is 3.10. The SMILES string of the molecule is [CH-]=CC=[C-]CNC(=O)CC1=C(C)/C(=C/c2cc(OC)c(OCCO)c(OC)c2)c2ccc(I)cc21.[U+2]. The summed E-state index contributed by atoms with van der Waals surface area (Å²) < 4.78 is 17.8. The van der Waals surface area contributed by atoms with E-state index >= 15 is 0 Å². The zero-order valence-electron chi connectivity index (χ0n) is 20.5. The van der Waals surface area contributed by atoms with E-state index in [0.29, 0.717) is 23.8 Å². The van der Waals surface area contributed by atoms with Gasteiger partial charge >= 0.3 is 31.1 Å². The fourth-order valence-corrected chi connectivity index (χ4v) is 4.41. The van der Waals surface area contributed by atoms with Crippen LogP contribution in [0.4, 0.5) is 0 Å². The molecule has 2 N–H and O–H groups in total. The van der Waals surface area contributed by atoms with Crippen LogP contribution in [0.3, 0.4) is 0 Å². The van der Waals surface area contributed by atoms with E-state index in [-0.39, 0.29) is 56.7 Å². The summed E-state index contributed by atoms with van der Waals surface area (Å²) >= 11 is 2.28. The third kappa shape index (κ3) is 7.28. The van der Waals surface area contributed by atoms with Crippen molar-refractivity contribution in [3.05, 3.63) is 81.0 Å². The molecule has 0 unspecified atom stereocenters. The van der Waals surface area contributed by atoms with Gasteiger partial charge in [-0.1, -0.05) is 12.6 Å². The standard InChI is InChI=1S/C28H28INO5.U/c1-5-6-7-10-30-27(32)17-23-18(2)22(21-9-8-20(29)16-24(21)23)13-19-14-25(33-3)28(35-12-11-31)26(15-19)34-4;/h1,5-6,8-9,13-16,31H,10-12,17H2,2-4H3,(H,30,32);/q-2;+2/b22-13-;. The first kappa shape index (κ1) is 30.2. The fraction of sp³-hybridized carbons (Fsp3) is 0.250. The minimum atomic E-state index is -0.117. The summed E-state index contributed by atoms with van der Waals surface area (Å²) in [5.41, 5.74) is 6.01. The molecule has 1 aliphatic rings. The van der Waals surface area contributed by atoms with Crippen molar-refractivity contribution in [2.75, 3.05) is 34.0 Å². The Morgan fingerprint density at radius 3 is 2.47 bits per heavy atom. The number of carbonyl (C=O) groups is 1. The first-order chi connectivity index (χ1) is 16.9. The second-order valence-corrected chi connectivity index (χ2v) is 8.94. The molecule has 8 heteroatoms. The predicted octanol–water partition coefficient (Wildman–Crippen LogP) is 4.86. The number of rotatable bonds is 11. The quantitative estimate of drug-likeness (QED) is 0.193. The number of hydrogen-bond donors (Lipinski definition) is 2. The molecular formula is C28H28INO5U. The molecule has 0 aromatic heterocycles. The van der Waals surface area contributed by atoms with Gasteiger partial charge in [-0.2, -0.15) is 0 Å². The predicted molar refractivity (Wildman–Crippen MR) is 146 cm³/mol. The fourth-order valence-electron chi connectivity index (χ4n) is 3.92. The van der Waals surface area contributed by atoms with Gasteiger partial charge in [0, 0.05) is 3.57 Å². The Balaban J connectivity index is 0.00000456. The van der Waals surface area contributed by atoms with Gasteiger partial charge in [-0.3, -0.25) is 4.79 Å². The molecule has 6 nitrogen and oxygen atoms in total. The number of carbonyl (C=O) groups excluding carboxylic acids is 1. The van der Waals surface area contributed by atoms with Crippen molar-refractivity contribution in [1.82, 2.24) is 5.32 Å². The van der Waals surface area contributed by atoms with E-state index in [0.717, 1.165) is 37.0 Å². The smallest absolute Gasteiger partial charge is 0.493 e. The van der Waals surface area contributed by atoms with E-state index in [2.05, 4.69) is 58.3 Å². The van der Waals surface area contributed by atoms with E-state index in [1.807, 2.05) is 19.1 Å². The topological polar surface area (TPSA) is 77.0 Å². The van der Waals surface area contributed by atoms with Crippen molar-refractivity contribution in [3.63, 3.8) is 0 Å². The zero-order valence-corrected chi connectivity index (χ0v) is 26.8. The number of fused-ring (bicyclic) bond motifs is 1. The van der Waals surface area contributed by atoms with Gasteiger partial charge in [-0.05, 0) is 93.3 Å². The zero-order chi connectivity index (χ0) is 25.4. The molecule has 1 amide bonds. The number of ether oxygens (including phenoxy) is 3. The maximum absolute atomic E-state index is 12.6. The average molecular weight is 823 g/mol. The van der Waals surface area contributed by atoms with Crippen molar-refractivity contribution < 1.29 is 55.2 Å². The largest absolute Gasteiger partial charge is 2.00 e. The van der Waals surface area contributed by atoms with Gasteiger partial charge in [0.25, 0.3) is 0 Å². The van der Waals surface area contributed by atoms with E-state index in [4.69, 9.17) is 25.9 Å². The Labute approximate surface area is 250 Å². The van der Waals surface area contributed by atoms with Crippen LogP contribution in [0.15, 0.2) is 48.1 Å². The molecule has 0 heterocycles. The number of aliphatic hydroxyl groups is 1. The molecule has 0 aliphatic heterocycles. The minimum absolute atomic E-state index is 0. The molecule has 186 valence electrons. The molecular weight excluding hydrogens is 795 g/mol. The molecule has 0 atom stereocenters. The van der Waals surface area contributed by atoms with Crippen LogP contribution >= 0.6 is 22.6 Å². The van der Waals surface area contributed by atoms with Crippen molar-refractivity contribution in [3.8, 4) is 17.2 Å². The Hall–Kier alpha value is -1.99. The maximum Gasteiger partial charge on any atom is 2.00 e. The molecule has 0 fully saturated rings. The van der Waals surface area contributed by atoms with Gasteiger partial charge in [0.1, 0.15) is 6.61 Å². The molecule has 2 aromatic rings. The molecule has 36 heavy (non-hydrogen) atoms. The van der Waals surface area contributed by atoms with Gasteiger partial charge in [0.2, 0.25) is 11.7 Å². The number of amides is 1. The van der Waals surface area contributed by atoms with Gasteiger partial charge in [0.05, 0.1) is 27.2 Å². The second-order valence-electron chi connectivity index (χ2n) is 7.69. The Morgan fingerprint density at radius 1 is 1.17 bits per heavy atom. The summed E-state index contributed by atoms with van der Waals surface area (Å²) in [4.78, 5) is 12.6. The minimum Gasteiger partial charge on any atom is -0.493 e. The number of halogens is 1. The van der Waals surface area contributed by atoms with E-state index in [1.165, 1.54) is 6.08 Å². The Kier molecular flexibility index (Phi) is 12.3. The molecule has 0 radical (unpaired) electrons. The molecule has 3 rings (SSSR count). The molecule has 0 saturated carbocycles. The summed E-state index contributed by atoms with van der Waals surface area (Å²) in [5, 5.41) is 12.0. The number of methoxy groups -OCH3 is 2. The van der Waals surface area contributed by atoms with Crippen LogP contribution in [0.2, 0.25) is 0 Å². The van der Waals surface area contributed by atoms with Crippen molar-refractivity contribution >= 4 is 45.7 Å². The summed E-state index contributed by atoms with van der Waals surface area (Å²) in [5.74, 6) is 1.36. The normalized spacial score (nSPS) is 13.4. The van der Waals surface area contributed by atoms with Crippen LogP contribution in [-0.4, -0.2) is 45.0 Å². The summed E-state index contributed by atoms with van der Waals surface area (Å²) in [6.07, 6.45) is 8.15. The third-order valence-electron chi connectivity index (χ3n) is 5.52. The summed E-state index contributed by atoms with van der Waals surface area (Å²) in [6.45, 7) is 7.65. The van der Waals surface area contributed by atoms with Crippen LogP contribution in [0.1, 0.15) is 30.0 Å². The number of hydrogen-bond acceptors (Lipinski definition) is 5. The second kappa shape index (κ2) is 14.7. The van der Waals surface area contributed by atoms with Gasteiger partial charge < -0.3 is 49.4 Å². The van der Waals surface area contributed by atoms with E-state index in [1.54, 1.807) is 20.3 Å². The van der Waals surface area contributed by atoms with Gasteiger partial charge in [-0.15, -0.1) is 0 Å². The Morgan fingerprint density at radius 2 is 1.86 bits per heavy atom. The first-order valence-corrected chi connectivity index (χ1v) is 12.1.